The molecule has 136 valence electrons. The summed E-state index contributed by atoms with van der Waals surface area (Å²) in [4.78, 5) is 24.1. The van der Waals surface area contributed by atoms with Gasteiger partial charge in [-0.2, -0.15) is 0 Å². The minimum Gasteiger partial charge on any atom is -0.494 e. The molecule has 0 spiro atoms. The highest BCUT2D eigenvalue weighted by Gasteiger charge is 2.10. The average Bonchev–Trinajstić information content (AvgIpc) is 2.84. The first-order chi connectivity index (χ1) is 12.4. The van der Waals surface area contributed by atoms with Crippen LogP contribution in [0.15, 0.2) is 41.2 Å². The van der Waals surface area contributed by atoms with E-state index in [4.69, 9.17) is 4.74 Å². The SMILES string of the molecule is COc1ccc(CCC(=O)Nc2ccc3c(c2)n(C)c(=O)n3C)cc1F. The number of amides is 1. The van der Waals surface area contributed by atoms with Gasteiger partial charge in [-0.25, -0.2) is 9.18 Å². The van der Waals surface area contributed by atoms with Crippen molar-refractivity contribution < 1.29 is 13.9 Å². The van der Waals surface area contributed by atoms with E-state index >= 15 is 0 Å². The lowest BCUT2D eigenvalue weighted by molar-refractivity contribution is -0.116. The quantitative estimate of drug-likeness (QED) is 0.763. The van der Waals surface area contributed by atoms with Gasteiger partial charge < -0.3 is 10.1 Å². The highest BCUT2D eigenvalue weighted by molar-refractivity contribution is 5.93. The summed E-state index contributed by atoms with van der Waals surface area (Å²) in [6.07, 6.45) is 0.635. The molecule has 0 fully saturated rings. The number of rotatable bonds is 5. The maximum atomic E-state index is 13.7. The molecule has 6 nitrogen and oxygen atoms in total. The Hall–Kier alpha value is -3.09. The van der Waals surface area contributed by atoms with Crippen molar-refractivity contribution >= 4 is 22.6 Å². The number of nitrogens with one attached hydrogen (secondary N) is 1. The predicted molar refractivity (Wildman–Crippen MR) is 98.1 cm³/mol. The molecule has 26 heavy (non-hydrogen) atoms. The number of aromatic nitrogens is 2. The summed E-state index contributed by atoms with van der Waals surface area (Å²) in [6.45, 7) is 0. The maximum absolute atomic E-state index is 13.7. The van der Waals surface area contributed by atoms with E-state index in [2.05, 4.69) is 5.32 Å². The number of fused-ring (bicyclic) bond motifs is 1. The van der Waals surface area contributed by atoms with Gasteiger partial charge in [-0.1, -0.05) is 6.07 Å². The molecule has 0 saturated carbocycles. The fourth-order valence-electron chi connectivity index (χ4n) is 2.93. The Kier molecular flexibility index (Phi) is 4.79. The molecule has 0 aliphatic carbocycles. The van der Waals surface area contributed by atoms with Crippen LogP contribution in [0.25, 0.3) is 11.0 Å². The number of methoxy groups -OCH3 is 1. The van der Waals surface area contributed by atoms with Gasteiger partial charge in [-0.05, 0) is 42.3 Å². The molecule has 1 heterocycles. The van der Waals surface area contributed by atoms with Crippen molar-refractivity contribution in [3.63, 3.8) is 0 Å². The van der Waals surface area contributed by atoms with Crippen LogP contribution in [0, 0.1) is 5.82 Å². The molecule has 0 saturated heterocycles. The summed E-state index contributed by atoms with van der Waals surface area (Å²) >= 11 is 0. The number of carbonyl (C=O) groups is 1. The third-order valence-corrected chi connectivity index (χ3v) is 4.41. The summed E-state index contributed by atoms with van der Waals surface area (Å²) in [5.74, 6) is -0.442. The smallest absolute Gasteiger partial charge is 0.328 e. The fourth-order valence-corrected chi connectivity index (χ4v) is 2.93. The van der Waals surface area contributed by atoms with Gasteiger partial charge in [0.1, 0.15) is 0 Å². The molecule has 1 N–H and O–H groups in total. The van der Waals surface area contributed by atoms with Crippen LogP contribution in [-0.4, -0.2) is 22.2 Å². The van der Waals surface area contributed by atoms with Crippen molar-refractivity contribution in [2.75, 3.05) is 12.4 Å². The first kappa shape index (κ1) is 17.7. The van der Waals surface area contributed by atoms with E-state index in [1.807, 2.05) is 0 Å². The van der Waals surface area contributed by atoms with Crippen molar-refractivity contribution in [3.05, 3.63) is 58.3 Å². The maximum Gasteiger partial charge on any atom is 0.328 e. The monoisotopic (exact) mass is 357 g/mol. The Morgan fingerprint density at radius 1 is 1.12 bits per heavy atom. The summed E-state index contributed by atoms with van der Waals surface area (Å²) in [5.41, 5.74) is 2.76. The van der Waals surface area contributed by atoms with E-state index in [1.165, 1.54) is 17.7 Å². The molecule has 0 unspecified atom stereocenters. The van der Waals surface area contributed by atoms with Crippen LogP contribution < -0.4 is 15.7 Å². The average molecular weight is 357 g/mol. The van der Waals surface area contributed by atoms with E-state index in [0.717, 1.165) is 16.6 Å². The first-order valence-corrected chi connectivity index (χ1v) is 8.18. The Morgan fingerprint density at radius 2 is 1.85 bits per heavy atom. The van der Waals surface area contributed by atoms with Crippen molar-refractivity contribution in [1.82, 2.24) is 9.13 Å². The molecular weight excluding hydrogens is 337 g/mol. The Morgan fingerprint density at radius 3 is 2.54 bits per heavy atom. The van der Waals surface area contributed by atoms with Gasteiger partial charge in [0, 0.05) is 26.2 Å². The van der Waals surface area contributed by atoms with Crippen LogP contribution in [0.4, 0.5) is 10.1 Å². The molecule has 0 aliphatic heterocycles. The summed E-state index contributed by atoms with van der Waals surface area (Å²) in [6, 6.07) is 9.98. The number of aryl methyl sites for hydroxylation is 3. The van der Waals surface area contributed by atoms with Gasteiger partial charge in [-0.3, -0.25) is 13.9 Å². The number of halogens is 1. The first-order valence-electron chi connectivity index (χ1n) is 8.18. The summed E-state index contributed by atoms with van der Waals surface area (Å²) in [5, 5.41) is 2.82. The largest absolute Gasteiger partial charge is 0.494 e. The van der Waals surface area contributed by atoms with Crippen molar-refractivity contribution in [2.45, 2.75) is 12.8 Å². The van der Waals surface area contributed by atoms with Gasteiger partial charge in [0.05, 0.1) is 18.1 Å². The minimum absolute atomic E-state index is 0.120. The number of anilines is 1. The number of benzene rings is 2. The highest BCUT2D eigenvalue weighted by Crippen LogP contribution is 2.20. The molecule has 0 radical (unpaired) electrons. The number of nitrogens with zero attached hydrogens (tertiary/aromatic N) is 2. The zero-order chi connectivity index (χ0) is 18.8. The molecule has 3 aromatic rings. The van der Waals surface area contributed by atoms with Crippen molar-refractivity contribution in [1.29, 1.82) is 0 Å². The number of hydrogen-bond donors (Lipinski definition) is 1. The number of carbonyl (C=O) groups excluding carboxylic acids is 1. The molecule has 1 aromatic heterocycles. The normalized spacial score (nSPS) is 10.9. The van der Waals surface area contributed by atoms with Gasteiger partial charge in [0.15, 0.2) is 11.6 Å². The molecule has 3 rings (SSSR count). The Labute approximate surface area is 149 Å². The number of hydrogen-bond acceptors (Lipinski definition) is 3. The van der Waals surface area contributed by atoms with Gasteiger partial charge >= 0.3 is 5.69 Å². The van der Waals surface area contributed by atoms with Crippen LogP contribution >= 0.6 is 0 Å². The summed E-state index contributed by atoms with van der Waals surface area (Å²) in [7, 11) is 4.80. The molecule has 7 heteroatoms. The lowest BCUT2D eigenvalue weighted by atomic mass is 10.1. The molecule has 2 aromatic carbocycles. The minimum atomic E-state index is -0.444. The lowest BCUT2D eigenvalue weighted by Crippen LogP contribution is -2.19. The van der Waals surface area contributed by atoms with E-state index < -0.39 is 5.82 Å². The second-order valence-corrected chi connectivity index (χ2v) is 6.12. The Bertz CT molecular complexity index is 1040. The summed E-state index contributed by atoms with van der Waals surface area (Å²) < 4.78 is 21.7. The van der Waals surface area contributed by atoms with Gasteiger partial charge in [0.25, 0.3) is 0 Å². The van der Waals surface area contributed by atoms with E-state index in [9.17, 15) is 14.0 Å². The standard InChI is InChI=1S/C19H20FN3O3/c1-22-15-7-6-13(11-16(15)23(2)19(22)25)21-18(24)9-5-12-4-8-17(26-3)14(20)10-12/h4,6-8,10-11H,5,9H2,1-3H3,(H,21,24). The van der Waals surface area contributed by atoms with E-state index in [-0.39, 0.29) is 23.8 Å². The zero-order valence-electron chi connectivity index (χ0n) is 14.9. The van der Waals surface area contributed by atoms with Gasteiger partial charge in [0.2, 0.25) is 5.91 Å². The van der Waals surface area contributed by atoms with Crippen LogP contribution in [0.2, 0.25) is 0 Å². The van der Waals surface area contributed by atoms with Crippen LogP contribution in [0.1, 0.15) is 12.0 Å². The number of imidazole rings is 1. The third-order valence-electron chi connectivity index (χ3n) is 4.41. The van der Waals surface area contributed by atoms with E-state index in [0.29, 0.717) is 12.1 Å². The van der Waals surface area contributed by atoms with Crippen molar-refractivity contribution in [2.24, 2.45) is 14.1 Å². The second kappa shape index (κ2) is 7.03. The lowest BCUT2D eigenvalue weighted by Gasteiger charge is -2.07. The molecular formula is C19H20FN3O3. The Balaban J connectivity index is 1.68. The fraction of sp³-hybridized carbons (Fsp3) is 0.263. The third kappa shape index (κ3) is 3.33. The molecule has 0 aliphatic rings. The van der Waals surface area contributed by atoms with E-state index in [1.54, 1.807) is 49.0 Å². The zero-order valence-corrected chi connectivity index (χ0v) is 14.9. The van der Waals surface area contributed by atoms with Gasteiger partial charge in [-0.15, -0.1) is 0 Å². The topological polar surface area (TPSA) is 65.3 Å². The highest BCUT2D eigenvalue weighted by atomic mass is 19.1. The van der Waals surface area contributed by atoms with Crippen LogP contribution in [0.5, 0.6) is 5.75 Å². The molecule has 1 amide bonds. The van der Waals surface area contributed by atoms with Crippen LogP contribution in [-0.2, 0) is 25.3 Å². The number of ether oxygens (including phenoxy) is 1. The predicted octanol–water partition coefficient (Wildman–Crippen LogP) is 2.60. The van der Waals surface area contributed by atoms with Crippen molar-refractivity contribution in [3.8, 4) is 5.75 Å². The molecule has 0 atom stereocenters. The second-order valence-electron chi connectivity index (χ2n) is 6.12. The molecule has 0 bridgehead atoms. The van der Waals surface area contributed by atoms with Crippen LogP contribution in [0.3, 0.4) is 0 Å².